The van der Waals surface area contributed by atoms with E-state index in [0.717, 1.165) is 5.69 Å². The molecule has 34 heavy (non-hydrogen) atoms. The van der Waals surface area contributed by atoms with E-state index >= 15 is 0 Å². The standard InChI is InChI=1S/C26H33ClN4O3/c1-17(2)22(29-24(33)19-8-6-7-18(15-19)23(32)28-5)25(34)30-13-14-31(26(3,4)16-30)21-11-9-20(27)10-12-21/h6-12,15,17,22H,13-14,16H2,1-5H3,(H,28,32)(H,29,33). The summed E-state index contributed by atoms with van der Waals surface area (Å²) in [5.74, 6) is -0.852. The molecule has 3 rings (SSSR count). The van der Waals surface area contributed by atoms with E-state index in [0.29, 0.717) is 35.8 Å². The molecule has 0 saturated carbocycles. The lowest BCUT2D eigenvalue weighted by molar-refractivity contribution is -0.135. The van der Waals surface area contributed by atoms with Crippen molar-refractivity contribution in [1.82, 2.24) is 15.5 Å². The summed E-state index contributed by atoms with van der Waals surface area (Å²) in [6, 6.07) is 13.5. The number of halogens is 1. The number of rotatable bonds is 6. The van der Waals surface area contributed by atoms with Crippen LogP contribution in [0.1, 0.15) is 48.4 Å². The molecule has 1 aliphatic rings. The van der Waals surface area contributed by atoms with Gasteiger partial charge in [-0.1, -0.05) is 31.5 Å². The van der Waals surface area contributed by atoms with Gasteiger partial charge >= 0.3 is 0 Å². The van der Waals surface area contributed by atoms with E-state index in [9.17, 15) is 14.4 Å². The zero-order valence-electron chi connectivity index (χ0n) is 20.4. The van der Waals surface area contributed by atoms with E-state index in [4.69, 9.17) is 11.6 Å². The smallest absolute Gasteiger partial charge is 0.251 e. The number of amides is 3. The average molecular weight is 485 g/mol. The SMILES string of the molecule is CNC(=O)c1cccc(C(=O)NC(C(=O)N2CCN(c3ccc(Cl)cc3)C(C)(C)C2)C(C)C)c1. The molecule has 1 fully saturated rings. The van der Waals surface area contributed by atoms with Gasteiger partial charge in [-0.2, -0.15) is 0 Å². The van der Waals surface area contributed by atoms with Gasteiger partial charge in [0.25, 0.3) is 11.8 Å². The Morgan fingerprint density at radius 3 is 2.15 bits per heavy atom. The topological polar surface area (TPSA) is 81.8 Å². The van der Waals surface area contributed by atoms with Gasteiger partial charge in [0, 0.05) is 48.5 Å². The number of carbonyl (C=O) groups excluding carboxylic acids is 3. The molecule has 1 saturated heterocycles. The van der Waals surface area contributed by atoms with Crippen LogP contribution in [0.5, 0.6) is 0 Å². The summed E-state index contributed by atoms with van der Waals surface area (Å²) in [4.78, 5) is 42.5. The van der Waals surface area contributed by atoms with E-state index in [-0.39, 0.29) is 29.2 Å². The van der Waals surface area contributed by atoms with Crippen molar-refractivity contribution in [3.8, 4) is 0 Å². The minimum atomic E-state index is -0.672. The Bertz CT molecular complexity index is 1050. The third-order valence-corrected chi connectivity index (χ3v) is 6.44. The number of anilines is 1. The minimum Gasteiger partial charge on any atom is -0.363 e. The zero-order chi connectivity index (χ0) is 25.0. The number of piperazine rings is 1. The number of hydrogen-bond acceptors (Lipinski definition) is 4. The molecular weight excluding hydrogens is 452 g/mol. The Balaban J connectivity index is 1.73. The average Bonchev–Trinajstić information content (AvgIpc) is 2.81. The summed E-state index contributed by atoms with van der Waals surface area (Å²) in [5, 5.41) is 6.14. The molecule has 2 N–H and O–H groups in total. The Hall–Kier alpha value is -3.06. The van der Waals surface area contributed by atoms with Crippen molar-refractivity contribution in [3.05, 3.63) is 64.7 Å². The molecule has 0 radical (unpaired) electrons. The van der Waals surface area contributed by atoms with Gasteiger partial charge in [-0.05, 0) is 62.2 Å². The third-order valence-electron chi connectivity index (χ3n) is 6.19. The molecule has 2 aromatic carbocycles. The van der Waals surface area contributed by atoms with Gasteiger partial charge in [0.1, 0.15) is 6.04 Å². The van der Waals surface area contributed by atoms with Crippen molar-refractivity contribution in [1.29, 1.82) is 0 Å². The zero-order valence-corrected chi connectivity index (χ0v) is 21.1. The maximum Gasteiger partial charge on any atom is 0.251 e. The van der Waals surface area contributed by atoms with E-state index < -0.39 is 6.04 Å². The van der Waals surface area contributed by atoms with E-state index in [1.54, 1.807) is 18.2 Å². The first-order chi connectivity index (χ1) is 16.0. The highest BCUT2D eigenvalue weighted by Gasteiger charge is 2.38. The molecule has 0 aromatic heterocycles. The number of benzene rings is 2. The van der Waals surface area contributed by atoms with Crippen molar-refractivity contribution in [2.45, 2.75) is 39.3 Å². The second-order valence-electron chi connectivity index (χ2n) is 9.56. The summed E-state index contributed by atoms with van der Waals surface area (Å²) in [5.41, 5.74) is 1.50. The van der Waals surface area contributed by atoms with E-state index in [1.165, 1.54) is 13.1 Å². The predicted molar refractivity (Wildman–Crippen MR) is 135 cm³/mol. The molecule has 3 amide bonds. The quantitative estimate of drug-likeness (QED) is 0.656. The normalized spacial score (nSPS) is 16.2. The molecule has 182 valence electrons. The first-order valence-electron chi connectivity index (χ1n) is 11.5. The Morgan fingerprint density at radius 2 is 1.59 bits per heavy atom. The maximum absolute atomic E-state index is 13.5. The van der Waals surface area contributed by atoms with Gasteiger partial charge in [-0.3, -0.25) is 14.4 Å². The molecule has 0 aliphatic carbocycles. The molecule has 1 atom stereocenters. The molecule has 2 aromatic rings. The number of nitrogens with one attached hydrogen (secondary N) is 2. The molecule has 8 heteroatoms. The van der Waals surface area contributed by atoms with Crippen molar-refractivity contribution >= 4 is 35.0 Å². The molecule has 7 nitrogen and oxygen atoms in total. The summed E-state index contributed by atoms with van der Waals surface area (Å²) >= 11 is 6.04. The lowest BCUT2D eigenvalue weighted by Crippen LogP contribution is -2.63. The third kappa shape index (κ3) is 5.70. The van der Waals surface area contributed by atoms with Crippen LogP contribution in [0.25, 0.3) is 0 Å². The van der Waals surface area contributed by atoms with Gasteiger partial charge in [-0.25, -0.2) is 0 Å². The second-order valence-corrected chi connectivity index (χ2v) is 9.99. The summed E-state index contributed by atoms with van der Waals surface area (Å²) in [6.07, 6.45) is 0. The Kier molecular flexibility index (Phi) is 7.87. The van der Waals surface area contributed by atoms with Crippen LogP contribution in [0.2, 0.25) is 5.02 Å². The Labute approximate surface area is 206 Å². The fourth-order valence-corrected chi connectivity index (χ4v) is 4.45. The number of nitrogens with zero attached hydrogens (tertiary/aromatic N) is 2. The van der Waals surface area contributed by atoms with Crippen molar-refractivity contribution < 1.29 is 14.4 Å². The highest BCUT2D eigenvalue weighted by atomic mass is 35.5. The summed E-state index contributed by atoms with van der Waals surface area (Å²) in [7, 11) is 1.54. The van der Waals surface area contributed by atoms with Crippen LogP contribution >= 0.6 is 11.6 Å². The van der Waals surface area contributed by atoms with Gasteiger partial charge in [0.2, 0.25) is 5.91 Å². The molecule has 0 spiro atoms. The molecule has 1 aliphatic heterocycles. The van der Waals surface area contributed by atoms with Gasteiger partial charge in [0.15, 0.2) is 0 Å². The van der Waals surface area contributed by atoms with Crippen LogP contribution in [-0.2, 0) is 4.79 Å². The fraction of sp³-hybridized carbons (Fsp3) is 0.423. The first-order valence-corrected chi connectivity index (χ1v) is 11.9. The maximum atomic E-state index is 13.5. The largest absolute Gasteiger partial charge is 0.363 e. The van der Waals surface area contributed by atoms with Gasteiger partial charge in [-0.15, -0.1) is 0 Å². The molecular formula is C26H33ClN4O3. The van der Waals surface area contributed by atoms with Gasteiger partial charge in [0.05, 0.1) is 5.54 Å². The highest BCUT2D eigenvalue weighted by molar-refractivity contribution is 6.30. The Morgan fingerprint density at radius 1 is 0.971 bits per heavy atom. The summed E-state index contributed by atoms with van der Waals surface area (Å²) < 4.78 is 0. The predicted octanol–water partition coefficient (Wildman–Crippen LogP) is 3.58. The van der Waals surface area contributed by atoms with Crippen LogP contribution < -0.4 is 15.5 Å². The van der Waals surface area contributed by atoms with Crippen LogP contribution in [0.3, 0.4) is 0 Å². The van der Waals surface area contributed by atoms with Crippen LogP contribution in [0.15, 0.2) is 48.5 Å². The van der Waals surface area contributed by atoms with E-state index in [1.807, 2.05) is 43.0 Å². The molecule has 1 heterocycles. The monoisotopic (exact) mass is 484 g/mol. The molecule has 0 bridgehead atoms. The van der Waals surface area contributed by atoms with E-state index in [2.05, 4.69) is 29.4 Å². The van der Waals surface area contributed by atoms with Crippen LogP contribution in [0, 0.1) is 5.92 Å². The van der Waals surface area contributed by atoms with Crippen molar-refractivity contribution in [3.63, 3.8) is 0 Å². The van der Waals surface area contributed by atoms with Crippen LogP contribution in [-0.4, -0.2) is 60.9 Å². The molecule has 1 unspecified atom stereocenters. The lowest BCUT2D eigenvalue weighted by Gasteiger charge is -2.49. The second kappa shape index (κ2) is 10.5. The highest BCUT2D eigenvalue weighted by Crippen LogP contribution is 2.29. The number of hydrogen-bond donors (Lipinski definition) is 2. The first kappa shape index (κ1) is 25.6. The van der Waals surface area contributed by atoms with Crippen LogP contribution in [0.4, 0.5) is 5.69 Å². The van der Waals surface area contributed by atoms with Gasteiger partial charge < -0.3 is 20.4 Å². The lowest BCUT2D eigenvalue weighted by atomic mass is 9.95. The van der Waals surface area contributed by atoms with Crippen molar-refractivity contribution in [2.24, 2.45) is 5.92 Å². The number of carbonyl (C=O) groups is 3. The minimum absolute atomic E-state index is 0.101. The van der Waals surface area contributed by atoms with Crippen molar-refractivity contribution in [2.75, 3.05) is 31.6 Å². The summed E-state index contributed by atoms with van der Waals surface area (Å²) in [6.45, 7) is 9.80. The fourth-order valence-electron chi connectivity index (χ4n) is 4.32.